The van der Waals surface area contributed by atoms with Crippen molar-refractivity contribution in [2.75, 3.05) is 6.61 Å². The van der Waals surface area contributed by atoms with E-state index in [0.717, 1.165) is 5.56 Å². The average Bonchev–Trinajstić information content (AvgIpc) is 3.17. The SMILES string of the molecule is CCOC(=O)c1n[nH]nc1-c1ccc(OCc2ccc([N+](=O)[O-])cc2)cc1. The van der Waals surface area contributed by atoms with E-state index in [-0.39, 0.29) is 24.6 Å². The Hall–Kier alpha value is -3.75. The summed E-state index contributed by atoms with van der Waals surface area (Å²) in [6.07, 6.45) is 0. The number of rotatable bonds is 7. The van der Waals surface area contributed by atoms with Crippen LogP contribution >= 0.6 is 0 Å². The highest BCUT2D eigenvalue weighted by Gasteiger charge is 2.18. The lowest BCUT2D eigenvalue weighted by molar-refractivity contribution is -0.384. The molecule has 0 spiro atoms. The zero-order valence-electron chi connectivity index (χ0n) is 14.4. The molecule has 0 aliphatic heterocycles. The molecular formula is C18H16N4O5. The fourth-order valence-corrected chi connectivity index (χ4v) is 2.36. The number of aromatic nitrogens is 3. The van der Waals surface area contributed by atoms with Crippen molar-refractivity contribution in [3.63, 3.8) is 0 Å². The second kappa shape index (κ2) is 8.09. The number of carbonyl (C=O) groups is 1. The maximum atomic E-state index is 11.9. The number of hydrogen-bond acceptors (Lipinski definition) is 7. The summed E-state index contributed by atoms with van der Waals surface area (Å²) in [5.74, 6) is 0.0676. The van der Waals surface area contributed by atoms with Gasteiger partial charge in [0.15, 0.2) is 5.69 Å². The largest absolute Gasteiger partial charge is 0.489 e. The Morgan fingerprint density at radius 1 is 1.11 bits per heavy atom. The van der Waals surface area contributed by atoms with Crippen molar-refractivity contribution >= 4 is 11.7 Å². The summed E-state index contributed by atoms with van der Waals surface area (Å²) in [6, 6.07) is 13.2. The number of hydrogen-bond donors (Lipinski definition) is 1. The van der Waals surface area contributed by atoms with Gasteiger partial charge in [-0.2, -0.15) is 10.3 Å². The number of benzene rings is 2. The van der Waals surface area contributed by atoms with E-state index >= 15 is 0 Å². The number of nitrogens with zero attached hydrogens (tertiary/aromatic N) is 3. The monoisotopic (exact) mass is 368 g/mol. The van der Waals surface area contributed by atoms with Crippen LogP contribution in [0.25, 0.3) is 11.3 Å². The van der Waals surface area contributed by atoms with Gasteiger partial charge in [-0.15, -0.1) is 5.10 Å². The third kappa shape index (κ3) is 4.27. The normalized spacial score (nSPS) is 10.4. The third-order valence-electron chi connectivity index (χ3n) is 3.70. The third-order valence-corrected chi connectivity index (χ3v) is 3.70. The van der Waals surface area contributed by atoms with Crippen molar-refractivity contribution in [2.24, 2.45) is 0 Å². The van der Waals surface area contributed by atoms with E-state index in [1.165, 1.54) is 12.1 Å². The molecule has 1 aromatic heterocycles. The minimum absolute atomic E-state index is 0.0353. The molecule has 0 amide bonds. The molecule has 0 aliphatic rings. The van der Waals surface area contributed by atoms with Crippen LogP contribution in [0.5, 0.6) is 5.75 Å². The summed E-state index contributed by atoms with van der Waals surface area (Å²) in [6.45, 7) is 2.24. The second-order valence-corrected chi connectivity index (χ2v) is 5.48. The molecule has 0 unspecified atom stereocenters. The Labute approximate surface area is 154 Å². The van der Waals surface area contributed by atoms with E-state index in [2.05, 4.69) is 15.4 Å². The first-order valence-electron chi connectivity index (χ1n) is 8.13. The minimum Gasteiger partial charge on any atom is -0.489 e. The summed E-state index contributed by atoms with van der Waals surface area (Å²) >= 11 is 0. The van der Waals surface area contributed by atoms with Gasteiger partial charge in [0.1, 0.15) is 18.1 Å². The molecule has 27 heavy (non-hydrogen) atoms. The lowest BCUT2D eigenvalue weighted by Crippen LogP contribution is -2.06. The lowest BCUT2D eigenvalue weighted by Gasteiger charge is -2.07. The van der Waals surface area contributed by atoms with E-state index in [1.54, 1.807) is 43.3 Å². The van der Waals surface area contributed by atoms with Gasteiger partial charge in [0, 0.05) is 17.7 Å². The van der Waals surface area contributed by atoms with Crippen LogP contribution in [0.2, 0.25) is 0 Å². The molecule has 3 rings (SSSR count). The second-order valence-electron chi connectivity index (χ2n) is 5.48. The fourth-order valence-electron chi connectivity index (χ4n) is 2.36. The average molecular weight is 368 g/mol. The number of nitrogens with one attached hydrogen (secondary N) is 1. The first kappa shape index (κ1) is 18.1. The van der Waals surface area contributed by atoms with Gasteiger partial charge in [-0.05, 0) is 48.9 Å². The van der Waals surface area contributed by atoms with Gasteiger partial charge in [0.05, 0.1) is 11.5 Å². The predicted octanol–water partition coefficient (Wildman–Crippen LogP) is 3.14. The van der Waals surface area contributed by atoms with Crippen LogP contribution in [0.1, 0.15) is 23.0 Å². The summed E-state index contributed by atoms with van der Waals surface area (Å²) in [5.41, 5.74) is 2.06. The molecule has 2 aromatic carbocycles. The molecule has 0 atom stereocenters. The molecule has 0 bridgehead atoms. The van der Waals surface area contributed by atoms with Crippen LogP contribution in [0.15, 0.2) is 48.5 Å². The van der Waals surface area contributed by atoms with E-state index in [1.807, 2.05) is 0 Å². The van der Waals surface area contributed by atoms with Gasteiger partial charge in [0.25, 0.3) is 5.69 Å². The first-order valence-corrected chi connectivity index (χ1v) is 8.13. The number of carbonyl (C=O) groups excluding carboxylic acids is 1. The van der Waals surface area contributed by atoms with E-state index < -0.39 is 10.9 Å². The zero-order valence-corrected chi connectivity index (χ0v) is 14.4. The van der Waals surface area contributed by atoms with Gasteiger partial charge in [-0.3, -0.25) is 10.1 Å². The van der Waals surface area contributed by atoms with Crippen LogP contribution in [0, 0.1) is 10.1 Å². The molecule has 0 saturated carbocycles. The molecule has 138 valence electrons. The number of esters is 1. The molecule has 9 nitrogen and oxygen atoms in total. The molecule has 0 fully saturated rings. The van der Waals surface area contributed by atoms with Crippen LogP contribution in [-0.2, 0) is 11.3 Å². The standard InChI is InChI=1S/C18H16N4O5/c1-2-26-18(23)17-16(19-21-20-17)13-5-9-15(10-6-13)27-11-12-3-7-14(8-4-12)22(24)25/h3-10H,2,11H2,1H3,(H,19,20,21). The van der Waals surface area contributed by atoms with Gasteiger partial charge in [-0.25, -0.2) is 4.79 Å². The van der Waals surface area contributed by atoms with Crippen molar-refractivity contribution in [2.45, 2.75) is 13.5 Å². The predicted molar refractivity (Wildman–Crippen MR) is 95.2 cm³/mol. The van der Waals surface area contributed by atoms with Crippen molar-refractivity contribution in [3.8, 4) is 17.0 Å². The fraction of sp³-hybridized carbons (Fsp3) is 0.167. The lowest BCUT2D eigenvalue weighted by atomic mass is 10.1. The van der Waals surface area contributed by atoms with Crippen molar-refractivity contribution < 1.29 is 19.2 Å². The van der Waals surface area contributed by atoms with Crippen molar-refractivity contribution in [1.29, 1.82) is 0 Å². The molecule has 3 aromatic rings. The van der Waals surface area contributed by atoms with Gasteiger partial charge in [-0.1, -0.05) is 0 Å². The highest BCUT2D eigenvalue weighted by atomic mass is 16.6. The maximum Gasteiger partial charge on any atom is 0.361 e. The van der Waals surface area contributed by atoms with E-state index in [4.69, 9.17) is 9.47 Å². The van der Waals surface area contributed by atoms with Crippen LogP contribution in [-0.4, -0.2) is 32.9 Å². The van der Waals surface area contributed by atoms with Crippen LogP contribution < -0.4 is 4.74 Å². The number of nitro groups is 1. The maximum absolute atomic E-state index is 11.9. The van der Waals surface area contributed by atoms with E-state index in [9.17, 15) is 14.9 Å². The molecule has 0 saturated heterocycles. The van der Waals surface area contributed by atoms with Gasteiger partial charge in [0.2, 0.25) is 0 Å². The molecule has 0 radical (unpaired) electrons. The topological polar surface area (TPSA) is 120 Å². The minimum atomic E-state index is -0.542. The molecular weight excluding hydrogens is 352 g/mol. The van der Waals surface area contributed by atoms with Crippen LogP contribution in [0.4, 0.5) is 5.69 Å². The smallest absolute Gasteiger partial charge is 0.361 e. The quantitative estimate of drug-likeness (QED) is 0.386. The summed E-state index contributed by atoms with van der Waals surface area (Å²) < 4.78 is 10.6. The van der Waals surface area contributed by atoms with Crippen molar-refractivity contribution in [3.05, 3.63) is 69.9 Å². The Morgan fingerprint density at radius 3 is 2.44 bits per heavy atom. The van der Waals surface area contributed by atoms with Crippen molar-refractivity contribution in [1.82, 2.24) is 15.4 Å². The molecule has 9 heteroatoms. The summed E-state index contributed by atoms with van der Waals surface area (Å²) in [7, 11) is 0. The summed E-state index contributed by atoms with van der Waals surface area (Å²) in [4.78, 5) is 22.1. The number of non-ortho nitro benzene ring substituents is 1. The Bertz CT molecular complexity index is 935. The number of nitro benzene ring substituents is 1. The Kier molecular flexibility index (Phi) is 5.41. The first-order chi connectivity index (χ1) is 13.1. The molecule has 0 aliphatic carbocycles. The highest BCUT2D eigenvalue weighted by molar-refractivity contribution is 5.93. The van der Waals surface area contributed by atoms with Gasteiger partial charge >= 0.3 is 5.97 Å². The Balaban J connectivity index is 1.66. The van der Waals surface area contributed by atoms with E-state index in [0.29, 0.717) is 17.0 Å². The number of aromatic amines is 1. The zero-order chi connectivity index (χ0) is 19.2. The highest BCUT2D eigenvalue weighted by Crippen LogP contribution is 2.24. The Morgan fingerprint density at radius 2 is 1.81 bits per heavy atom. The number of ether oxygens (including phenoxy) is 2. The molecule has 1 heterocycles. The van der Waals surface area contributed by atoms with Gasteiger partial charge < -0.3 is 9.47 Å². The molecule has 1 N–H and O–H groups in total. The number of H-pyrrole nitrogens is 1. The van der Waals surface area contributed by atoms with Crippen LogP contribution in [0.3, 0.4) is 0 Å². The summed E-state index contributed by atoms with van der Waals surface area (Å²) in [5, 5.41) is 20.9.